The zero-order chi connectivity index (χ0) is 22.5. The normalized spacial score (nSPS) is 18.9. The second kappa shape index (κ2) is 10.4. The van der Waals surface area contributed by atoms with Gasteiger partial charge < -0.3 is 9.47 Å². The number of allylic oxidation sites excluding steroid dienone is 1. The lowest BCUT2D eigenvalue weighted by molar-refractivity contribution is -0.141. The van der Waals surface area contributed by atoms with E-state index >= 15 is 0 Å². The SMILES string of the molecule is CC1=C(C(=O)OCC(C)C)C(c2ccc(OCCC(C)C)cc2)N2C(=O)CCSC2=N1. The fraction of sp³-hybridized carbons (Fsp3) is 0.542. The molecule has 31 heavy (non-hydrogen) atoms. The van der Waals surface area contributed by atoms with Crippen LogP contribution in [0.5, 0.6) is 5.75 Å². The van der Waals surface area contributed by atoms with E-state index in [4.69, 9.17) is 9.47 Å². The van der Waals surface area contributed by atoms with Gasteiger partial charge in [-0.1, -0.05) is 51.6 Å². The molecule has 0 radical (unpaired) electrons. The second-order valence-corrected chi connectivity index (χ2v) is 9.81. The van der Waals surface area contributed by atoms with Crippen molar-refractivity contribution in [1.82, 2.24) is 4.90 Å². The molecule has 1 atom stereocenters. The van der Waals surface area contributed by atoms with Crippen LogP contribution < -0.4 is 4.74 Å². The van der Waals surface area contributed by atoms with Gasteiger partial charge in [0, 0.05) is 12.2 Å². The van der Waals surface area contributed by atoms with E-state index in [9.17, 15) is 9.59 Å². The van der Waals surface area contributed by atoms with Gasteiger partial charge in [0.2, 0.25) is 5.91 Å². The van der Waals surface area contributed by atoms with E-state index in [-0.39, 0.29) is 11.8 Å². The number of carbonyl (C=O) groups is 2. The summed E-state index contributed by atoms with van der Waals surface area (Å²) < 4.78 is 11.4. The first kappa shape index (κ1) is 23.4. The zero-order valence-corrected chi connectivity index (χ0v) is 19.8. The smallest absolute Gasteiger partial charge is 0.338 e. The Bertz CT molecular complexity index is 874. The van der Waals surface area contributed by atoms with Crippen LogP contribution in [0, 0.1) is 11.8 Å². The molecule has 2 aliphatic heterocycles. The first-order valence-corrected chi connectivity index (χ1v) is 11.9. The number of benzene rings is 1. The van der Waals surface area contributed by atoms with Gasteiger partial charge in [-0.25, -0.2) is 9.79 Å². The van der Waals surface area contributed by atoms with Gasteiger partial charge >= 0.3 is 5.97 Å². The van der Waals surface area contributed by atoms with Gasteiger partial charge in [-0.2, -0.15) is 0 Å². The minimum atomic E-state index is -0.544. The Morgan fingerprint density at radius 1 is 1.19 bits per heavy atom. The number of nitrogens with zero attached hydrogens (tertiary/aromatic N) is 2. The third kappa shape index (κ3) is 5.70. The van der Waals surface area contributed by atoms with Crippen LogP contribution in [0.25, 0.3) is 0 Å². The molecule has 0 bridgehead atoms. The van der Waals surface area contributed by atoms with Crippen molar-refractivity contribution >= 4 is 28.8 Å². The number of carbonyl (C=O) groups excluding carboxylic acids is 2. The largest absolute Gasteiger partial charge is 0.494 e. The van der Waals surface area contributed by atoms with Crippen LogP contribution in [0.15, 0.2) is 40.5 Å². The number of amides is 1. The lowest BCUT2D eigenvalue weighted by Crippen LogP contribution is -2.45. The first-order valence-electron chi connectivity index (χ1n) is 10.9. The summed E-state index contributed by atoms with van der Waals surface area (Å²) in [6, 6.07) is 7.10. The molecule has 0 N–H and O–H groups in total. The quantitative estimate of drug-likeness (QED) is 0.530. The van der Waals surface area contributed by atoms with Gasteiger partial charge in [-0.15, -0.1) is 0 Å². The van der Waals surface area contributed by atoms with E-state index in [1.165, 1.54) is 0 Å². The summed E-state index contributed by atoms with van der Waals surface area (Å²) in [6.45, 7) is 11.1. The average molecular weight is 445 g/mol. The summed E-state index contributed by atoms with van der Waals surface area (Å²) in [5, 5.41) is 0.649. The van der Waals surface area contributed by atoms with E-state index in [1.54, 1.807) is 16.7 Å². The number of hydrogen-bond donors (Lipinski definition) is 0. The molecule has 0 aliphatic carbocycles. The van der Waals surface area contributed by atoms with E-state index in [2.05, 4.69) is 18.8 Å². The van der Waals surface area contributed by atoms with Crippen molar-refractivity contribution in [3.8, 4) is 5.75 Å². The molecular formula is C24H32N2O4S. The van der Waals surface area contributed by atoms with Crippen molar-refractivity contribution in [1.29, 1.82) is 0 Å². The lowest BCUT2D eigenvalue weighted by Gasteiger charge is -2.39. The molecule has 7 heteroatoms. The monoisotopic (exact) mass is 444 g/mol. The highest BCUT2D eigenvalue weighted by atomic mass is 32.2. The molecule has 1 aromatic rings. The fourth-order valence-corrected chi connectivity index (χ4v) is 4.46. The van der Waals surface area contributed by atoms with Crippen LogP contribution in [0.2, 0.25) is 0 Å². The maximum absolute atomic E-state index is 13.0. The van der Waals surface area contributed by atoms with Gasteiger partial charge in [0.1, 0.15) is 5.75 Å². The second-order valence-electron chi connectivity index (χ2n) is 8.75. The fourth-order valence-electron chi connectivity index (χ4n) is 3.45. The summed E-state index contributed by atoms with van der Waals surface area (Å²) >= 11 is 1.55. The summed E-state index contributed by atoms with van der Waals surface area (Å²) in [7, 11) is 0. The Balaban J connectivity index is 1.92. The summed E-state index contributed by atoms with van der Waals surface area (Å²) in [5.41, 5.74) is 1.87. The Kier molecular flexibility index (Phi) is 7.81. The maximum Gasteiger partial charge on any atom is 0.338 e. The molecule has 6 nitrogen and oxygen atoms in total. The topological polar surface area (TPSA) is 68.2 Å². The minimum Gasteiger partial charge on any atom is -0.494 e. The summed E-state index contributed by atoms with van der Waals surface area (Å²) in [4.78, 5) is 32.1. The molecular weight excluding hydrogens is 412 g/mol. The van der Waals surface area contributed by atoms with Crippen molar-refractivity contribution < 1.29 is 19.1 Å². The van der Waals surface area contributed by atoms with Crippen LogP contribution >= 0.6 is 11.8 Å². The number of aliphatic imine (C=N–C) groups is 1. The van der Waals surface area contributed by atoms with E-state index < -0.39 is 12.0 Å². The Morgan fingerprint density at radius 3 is 2.55 bits per heavy atom. The van der Waals surface area contributed by atoms with Crippen molar-refractivity contribution in [3.05, 3.63) is 41.1 Å². The predicted molar refractivity (Wildman–Crippen MR) is 124 cm³/mol. The van der Waals surface area contributed by atoms with Crippen LogP contribution in [0.4, 0.5) is 0 Å². The maximum atomic E-state index is 13.0. The van der Waals surface area contributed by atoms with Crippen molar-refractivity contribution in [2.24, 2.45) is 16.8 Å². The lowest BCUT2D eigenvalue weighted by atomic mass is 9.94. The highest BCUT2D eigenvalue weighted by Crippen LogP contribution is 2.40. The Labute approximate surface area is 189 Å². The van der Waals surface area contributed by atoms with Gasteiger partial charge in [-0.3, -0.25) is 9.69 Å². The van der Waals surface area contributed by atoms with Gasteiger partial charge in [0.15, 0.2) is 5.17 Å². The molecule has 168 valence electrons. The van der Waals surface area contributed by atoms with E-state index in [0.29, 0.717) is 47.7 Å². The highest BCUT2D eigenvalue weighted by molar-refractivity contribution is 8.14. The Hall–Kier alpha value is -2.28. The molecule has 2 aliphatic rings. The van der Waals surface area contributed by atoms with Gasteiger partial charge in [0.05, 0.1) is 30.5 Å². The number of hydrogen-bond acceptors (Lipinski definition) is 6. The number of rotatable bonds is 8. The third-order valence-corrected chi connectivity index (χ3v) is 6.09. The first-order chi connectivity index (χ1) is 14.8. The number of thioether (sulfide) groups is 1. The van der Waals surface area contributed by atoms with Crippen molar-refractivity contribution in [3.63, 3.8) is 0 Å². The molecule has 0 spiro atoms. The summed E-state index contributed by atoms with van der Waals surface area (Å²) in [6.07, 6.45) is 1.40. The molecule has 1 saturated heterocycles. The molecule has 1 unspecified atom stereocenters. The zero-order valence-electron chi connectivity index (χ0n) is 19.0. The average Bonchev–Trinajstić information content (AvgIpc) is 2.71. The molecule has 0 aromatic heterocycles. The molecule has 2 heterocycles. The van der Waals surface area contributed by atoms with Crippen LogP contribution in [-0.2, 0) is 14.3 Å². The number of amidine groups is 1. The van der Waals surface area contributed by atoms with Crippen LogP contribution in [-0.4, -0.2) is 40.9 Å². The van der Waals surface area contributed by atoms with E-state index in [0.717, 1.165) is 17.7 Å². The summed E-state index contributed by atoms with van der Waals surface area (Å²) in [5.74, 6) is 1.83. The molecule has 1 aromatic carbocycles. The minimum absolute atomic E-state index is 0.0265. The van der Waals surface area contributed by atoms with Gasteiger partial charge in [-0.05, 0) is 42.9 Å². The number of fused-ring (bicyclic) bond motifs is 1. The number of ether oxygens (including phenoxy) is 2. The standard InChI is InChI=1S/C24H32N2O4S/c1-15(2)10-12-29-19-8-6-18(7-9-19)22-21(23(28)30-14-16(3)4)17(5)25-24-26(22)20(27)11-13-31-24/h6-9,15-16,22H,10-14H2,1-5H3. The Morgan fingerprint density at radius 2 is 1.90 bits per heavy atom. The van der Waals surface area contributed by atoms with E-state index in [1.807, 2.05) is 45.0 Å². The third-order valence-electron chi connectivity index (χ3n) is 5.13. The van der Waals surface area contributed by atoms with Crippen LogP contribution in [0.3, 0.4) is 0 Å². The molecule has 3 rings (SSSR count). The van der Waals surface area contributed by atoms with Crippen molar-refractivity contribution in [2.45, 2.75) is 53.5 Å². The van der Waals surface area contributed by atoms with Gasteiger partial charge in [0.25, 0.3) is 0 Å². The van der Waals surface area contributed by atoms with Crippen LogP contribution in [0.1, 0.15) is 59.1 Å². The molecule has 0 saturated carbocycles. The predicted octanol–water partition coefficient (Wildman–Crippen LogP) is 4.96. The highest BCUT2D eigenvalue weighted by Gasteiger charge is 2.41. The molecule has 1 amide bonds. The number of esters is 1. The van der Waals surface area contributed by atoms with Crippen molar-refractivity contribution in [2.75, 3.05) is 19.0 Å². The molecule has 1 fully saturated rings.